The number of hydrogen-bond donors (Lipinski definition) is 0. The molecule has 0 atom stereocenters. The maximum absolute atomic E-state index is 5.97. The van der Waals surface area contributed by atoms with E-state index in [9.17, 15) is 0 Å². The van der Waals surface area contributed by atoms with Crippen LogP contribution in [0.2, 0.25) is 5.15 Å². The zero-order valence-electron chi connectivity index (χ0n) is 7.85. The van der Waals surface area contributed by atoms with Crippen LogP contribution in [0.5, 0.6) is 0 Å². The highest BCUT2D eigenvalue weighted by Crippen LogP contribution is 2.31. The Labute approximate surface area is 100 Å². The number of halogens is 1. The van der Waals surface area contributed by atoms with Crippen molar-refractivity contribution in [1.82, 2.24) is 20.2 Å². The Morgan fingerprint density at radius 2 is 2.33 bits per heavy atom. The third-order valence-corrected chi connectivity index (χ3v) is 3.88. The second-order valence-electron chi connectivity index (χ2n) is 2.61. The van der Waals surface area contributed by atoms with E-state index < -0.39 is 0 Å². The molecule has 0 spiro atoms. The monoisotopic (exact) mass is 258 g/mol. The summed E-state index contributed by atoms with van der Waals surface area (Å²) in [5.41, 5.74) is 2.65. The van der Waals surface area contributed by atoms with Crippen molar-refractivity contribution >= 4 is 34.7 Å². The maximum atomic E-state index is 5.97. The van der Waals surface area contributed by atoms with Crippen molar-refractivity contribution in [3.8, 4) is 0 Å². The van der Waals surface area contributed by atoms with Gasteiger partial charge in [-0.3, -0.25) is 0 Å². The lowest BCUT2D eigenvalue weighted by Gasteiger charge is -2.04. The Balaban J connectivity index is 2.32. The van der Waals surface area contributed by atoms with E-state index in [1.54, 1.807) is 5.51 Å². The van der Waals surface area contributed by atoms with E-state index in [-0.39, 0.29) is 0 Å². The van der Waals surface area contributed by atoms with Crippen LogP contribution in [0, 0.1) is 0 Å². The van der Waals surface area contributed by atoms with Gasteiger partial charge in [0, 0.05) is 5.56 Å². The number of rotatable bonds is 3. The van der Waals surface area contributed by atoms with Gasteiger partial charge in [0.15, 0.2) is 4.34 Å². The summed E-state index contributed by atoms with van der Waals surface area (Å²) in [6.07, 6.45) is 2.27. The first-order valence-corrected chi connectivity index (χ1v) is 6.32. The standard InChI is InChI=1S/C8H7ClN4S2/c1-2-5-6(9)10-3-11-7(5)15-8-13-12-4-14-8/h3-4H,2H2,1H3. The lowest BCUT2D eigenvalue weighted by molar-refractivity contribution is 0.938. The maximum Gasteiger partial charge on any atom is 0.180 e. The number of aromatic nitrogens is 4. The molecule has 0 unspecified atom stereocenters. The van der Waals surface area contributed by atoms with Crippen molar-refractivity contribution in [2.75, 3.05) is 0 Å². The molecule has 2 rings (SSSR count). The van der Waals surface area contributed by atoms with Crippen molar-refractivity contribution in [1.29, 1.82) is 0 Å². The molecule has 78 valence electrons. The van der Waals surface area contributed by atoms with Crippen LogP contribution in [0.25, 0.3) is 0 Å². The summed E-state index contributed by atoms with van der Waals surface area (Å²) in [4.78, 5) is 8.14. The van der Waals surface area contributed by atoms with Gasteiger partial charge in [0.2, 0.25) is 0 Å². The van der Waals surface area contributed by atoms with Gasteiger partial charge in [0.1, 0.15) is 22.0 Å². The van der Waals surface area contributed by atoms with Crippen LogP contribution in [0.15, 0.2) is 21.2 Å². The Morgan fingerprint density at radius 3 is 3.00 bits per heavy atom. The molecule has 0 amide bonds. The van der Waals surface area contributed by atoms with Crippen LogP contribution in [0.3, 0.4) is 0 Å². The summed E-state index contributed by atoms with van der Waals surface area (Å²) in [5, 5.41) is 9.08. The molecule has 2 aromatic rings. The summed E-state index contributed by atoms with van der Waals surface area (Å²) in [6.45, 7) is 2.02. The van der Waals surface area contributed by atoms with Crippen LogP contribution in [0.1, 0.15) is 12.5 Å². The minimum atomic E-state index is 0.513. The number of nitrogens with zero attached hydrogens (tertiary/aromatic N) is 4. The minimum absolute atomic E-state index is 0.513. The topological polar surface area (TPSA) is 51.6 Å². The average molecular weight is 259 g/mol. The summed E-state index contributed by atoms with van der Waals surface area (Å²) in [6, 6.07) is 0. The lowest BCUT2D eigenvalue weighted by atomic mass is 10.3. The molecule has 15 heavy (non-hydrogen) atoms. The highest BCUT2D eigenvalue weighted by atomic mass is 35.5. The number of hydrogen-bond acceptors (Lipinski definition) is 6. The minimum Gasteiger partial charge on any atom is -0.229 e. The van der Waals surface area contributed by atoms with E-state index in [1.807, 2.05) is 6.92 Å². The van der Waals surface area contributed by atoms with Crippen molar-refractivity contribution in [3.05, 3.63) is 22.6 Å². The summed E-state index contributed by atoms with van der Waals surface area (Å²) in [7, 11) is 0. The third-order valence-electron chi connectivity index (χ3n) is 1.73. The van der Waals surface area contributed by atoms with E-state index in [4.69, 9.17) is 11.6 Å². The molecule has 2 aromatic heterocycles. The molecular weight excluding hydrogens is 252 g/mol. The predicted octanol–water partition coefficient (Wildman–Crippen LogP) is 2.70. The molecule has 7 heteroatoms. The molecule has 0 fully saturated rings. The zero-order valence-corrected chi connectivity index (χ0v) is 10.2. The van der Waals surface area contributed by atoms with E-state index in [2.05, 4.69) is 20.2 Å². The average Bonchev–Trinajstić information content (AvgIpc) is 2.71. The Bertz CT molecular complexity index is 446. The van der Waals surface area contributed by atoms with Crippen LogP contribution >= 0.6 is 34.7 Å². The van der Waals surface area contributed by atoms with Crippen LogP contribution < -0.4 is 0 Å². The molecule has 4 nitrogen and oxygen atoms in total. The van der Waals surface area contributed by atoms with Gasteiger partial charge in [0.25, 0.3) is 0 Å². The summed E-state index contributed by atoms with van der Waals surface area (Å²) >= 11 is 8.92. The smallest absolute Gasteiger partial charge is 0.180 e. The van der Waals surface area contributed by atoms with Gasteiger partial charge in [-0.15, -0.1) is 10.2 Å². The van der Waals surface area contributed by atoms with E-state index in [0.717, 1.165) is 21.3 Å². The first kappa shape index (κ1) is 10.8. The second kappa shape index (κ2) is 4.87. The van der Waals surface area contributed by atoms with Gasteiger partial charge in [-0.2, -0.15) is 0 Å². The first-order chi connectivity index (χ1) is 7.31. The van der Waals surface area contributed by atoms with E-state index >= 15 is 0 Å². The van der Waals surface area contributed by atoms with Crippen LogP contribution in [-0.2, 0) is 6.42 Å². The molecule has 0 aliphatic heterocycles. The molecule has 0 aromatic carbocycles. The Morgan fingerprint density at radius 1 is 1.47 bits per heavy atom. The van der Waals surface area contributed by atoms with E-state index in [0.29, 0.717) is 5.15 Å². The fourth-order valence-electron chi connectivity index (χ4n) is 1.05. The van der Waals surface area contributed by atoms with Gasteiger partial charge in [-0.25, -0.2) is 9.97 Å². The molecule has 0 saturated heterocycles. The molecular formula is C8H7ClN4S2. The predicted molar refractivity (Wildman–Crippen MR) is 60.5 cm³/mol. The molecule has 0 bridgehead atoms. The van der Waals surface area contributed by atoms with Crippen LogP contribution in [0.4, 0.5) is 0 Å². The molecule has 0 aliphatic carbocycles. The van der Waals surface area contributed by atoms with Gasteiger partial charge in [-0.05, 0) is 18.2 Å². The summed E-state index contributed by atoms with van der Waals surface area (Å²) < 4.78 is 0.861. The Hall–Kier alpha value is -0.720. The quantitative estimate of drug-likeness (QED) is 0.793. The van der Waals surface area contributed by atoms with E-state index in [1.165, 1.54) is 29.4 Å². The van der Waals surface area contributed by atoms with Gasteiger partial charge >= 0.3 is 0 Å². The normalized spacial score (nSPS) is 10.5. The molecule has 2 heterocycles. The molecule has 0 saturated carbocycles. The molecule has 0 N–H and O–H groups in total. The fraction of sp³-hybridized carbons (Fsp3) is 0.250. The van der Waals surface area contributed by atoms with Gasteiger partial charge in [0.05, 0.1) is 0 Å². The zero-order chi connectivity index (χ0) is 10.7. The highest BCUT2D eigenvalue weighted by molar-refractivity contribution is 8.01. The van der Waals surface area contributed by atoms with Crippen LogP contribution in [-0.4, -0.2) is 20.2 Å². The van der Waals surface area contributed by atoms with Crippen molar-refractivity contribution in [3.63, 3.8) is 0 Å². The van der Waals surface area contributed by atoms with Gasteiger partial charge < -0.3 is 0 Å². The van der Waals surface area contributed by atoms with Gasteiger partial charge in [-0.1, -0.05) is 29.9 Å². The molecule has 0 radical (unpaired) electrons. The highest BCUT2D eigenvalue weighted by Gasteiger charge is 2.10. The second-order valence-corrected chi connectivity index (χ2v) is 5.04. The van der Waals surface area contributed by atoms with Crippen molar-refractivity contribution in [2.45, 2.75) is 22.7 Å². The lowest BCUT2D eigenvalue weighted by Crippen LogP contribution is -1.93. The fourth-order valence-corrected chi connectivity index (χ4v) is 2.93. The van der Waals surface area contributed by atoms with Crippen molar-refractivity contribution < 1.29 is 0 Å². The molecule has 0 aliphatic rings. The first-order valence-electron chi connectivity index (χ1n) is 4.24. The SMILES string of the molecule is CCc1c(Cl)ncnc1Sc1nncs1. The van der Waals surface area contributed by atoms with Crippen molar-refractivity contribution in [2.24, 2.45) is 0 Å². The third kappa shape index (κ3) is 2.45. The Kier molecular flexibility index (Phi) is 3.50. The summed E-state index contributed by atoms with van der Waals surface area (Å²) in [5.74, 6) is 0. The largest absolute Gasteiger partial charge is 0.229 e.